The Labute approximate surface area is 120 Å². The molecule has 102 valence electrons. The van der Waals surface area contributed by atoms with E-state index in [9.17, 15) is 15.4 Å². The SMILES string of the molecule is Cc1ncccc1-n1cc(C#N)c2ccc([N+](=O)[O-])cc21. The fourth-order valence-corrected chi connectivity index (χ4v) is 2.35. The Morgan fingerprint density at radius 1 is 1.38 bits per heavy atom. The molecule has 3 rings (SSSR count). The number of fused-ring (bicyclic) bond motifs is 1. The summed E-state index contributed by atoms with van der Waals surface area (Å²) >= 11 is 0. The van der Waals surface area contributed by atoms with E-state index in [4.69, 9.17) is 0 Å². The Morgan fingerprint density at radius 2 is 2.19 bits per heavy atom. The van der Waals surface area contributed by atoms with Crippen LogP contribution in [-0.2, 0) is 0 Å². The average Bonchev–Trinajstić information content (AvgIpc) is 2.85. The zero-order valence-electron chi connectivity index (χ0n) is 11.1. The molecule has 1 aromatic carbocycles. The lowest BCUT2D eigenvalue weighted by molar-refractivity contribution is -0.384. The Balaban J connectivity index is 2.37. The fourth-order valence-electron chi connectivity index (χ4n) is 2.35. The number of hydrogen-bond acceptors (Lipinski definition) is 4. The van der Waals surface area contributed by atoms with Gasteiger partial charge in [0.15, 0.2) is 0 Å². The molecule has 0 bridgehead atoms. The van der Waals surface area contributed by atoms with Crippen LogP contribution in [0.1, 0.15) is 11.3 Å². The summed E-state index contributed by atoms with van der Waals surface area (Å²) in [6.07, 6.45) is 3.36. The lowest BCUT2D eigenvalue weighted by Gasteiger charge is -2.07. The zero-order chi connectivity index (χ0) is 15.0. The van der Waals surface area contributed by atoms with Gasteiger partial charge in [-0.25, -0.2) is 0 Å². The number of rotatable bonds is 2. The van der Waals surface area contributed by atoms with Crippen LogP contribution < -0.4 is 0 Å². The van der Waals surface area contributed by atoms with E-state index in [-0.39, 0.29) is 5.69 Å². The summed E-state index contributed by atoms with van der Waals surface area (Å²) in [5.74, 6) is 0. The second kappa shape index (κ2) is 4.72. The summed E-state index contributed by atoms with van der Waals surface area (Å²) in [4.78, 5) is 14.7. The third kappa shape index (κ3) is 2.01. The lowest BCUT2D eigenvalue weighted by atomic mass is 10.2. The number of hydrogen-bond donors (Lipinski definition) is 0. The molecule has 2 aromatic heterocycles. The van der Waals surface area contributed by atoms with Gasteiger partial charge in [-0.1, -0.05) is 0 Å². The highest BCUT2D eigenvalue weighted by Gasteiger charge is 2.15. The van der Waals surface area contributed by atoms with Crippen molar-refractivity contribution < 1.29 is 4.92 Å². The van der Waals surface area contributed by atoms with Crippen molar-refractivity contribution in [3.05, 3.63) is 64.1 Å². The first-order valence-corrected chi connectivity index (χ1v) is 6.23. The highest BCUT2D eigenvalue weighted by Crippen LogP contribution is 2.28. The van der Waals surface area contributed by atoms with Crippen LogP contribution in [0.15, 0.2) is 42.7 Å². The van der Waals surface area contributed by atoms with Crippen LogP contribution in [0.2, 0.25) is 0 Å². The molecule has 0 saturated carbocycles. The maximum atomic E-state index is 11.0. The molecule has 6 nitrogen and oxygen atoms in total. The molecule has 0 atom stereocenters. The number of non-ortho nitro benzene ring substituents is 1. The largest absolute Gasteiger partial charge is 0.313 e. The number of aromatic nitrogens is 2. The number of pyridine rings is 1. The van der Waals surface area contributed by atoms with E-state index >= 15 is 0 Å². The highest BCUT2D eigenvalue weighted by molar-refractivity contribution is 5.89. The van der Waals surface area contributed by atoms with Gasteiger partial charge in [0.2, 0.25) is 0 Å². The van der Waals surface area contributed by atoms with E-state index in [2.05, 4.69) is 11.1 Å². The molecule has 0 aliphatic carbocycles. The molecule has 0 N–H and O–H groups in total. The molecular formula is C15H10N4O2. The van der Waals surface area contributed by atoms with E-state index < -0.39 is 4.92 Å². The van der Waals surface area contributed by atoms with Crippen molar-refractivity contribution in [1.82, 2.24) is 9.55 Å². The Kier molecular flexibility index (Phi) is 2.88. The molecule has 0 amide bonds. The second-order valence-corrected chi connectivity index (χ2v) is 4.59. The number of benzene rings is 1. The molecule has 0 fully saturated rings. The van der Waals surface area contributed by atoms with Gasteiger partial charge in [-0.2, -0.15) is 5.26 Å². The van der Waals surface area contributed by atoms with Gasteiger partial charge >= 0.3 is 0 Å². The molecule has 0 saturated heterocycles. The van der Waals surface area contributed by atoms with Gasteiger partial charge in [-0.15, -0.1) is 0 Å². The Bertz CT molecular complexity index is 906. The van der Waals surface area contributed by atoms with Gasteiger partial charge in [0.05, 0.1) is 27.4 Å². The number of nitrogens with zero attached hydrogens (tertiary/aromatic N) is 4. The highest BCUT2D eigenvalue weighted by atomic mass is 16.6. The minimum absolute atomic E-state index is 0.00659. The Morgan fingerprint density at radius 3 is 2.86 bits per heavy atom. The first-order valence-electron chi connectivity index (χ1n) is 6.23. The van der Waals surface area contributed by atoms with Crippen molar-refractivity contribution >= 4 is 16.6 Å². The third-order valence-corrected chi connectivity index (χ3v) is 3.36. The molecule has 0 aliphatic heterocycles. The summed E-state index contributed by atoms with van der Waals surface area (Å²) in [7, 11) is 0. The molecule has 6 heteroatoms. The fraction of sp³-hybridized carbons (Fsp3) is 0.0667. The maximum Gasteiger partial charge on any atom is 0.271 e. The molecule has 2 heterocycles. The van der Waals surface area contributed by atoms with Crippen LogP contribution in [0.5, 0.6) is 0 Å². The van der Waals surface area contributed by atoms with Gasteiger partial charge in [-0.05, 0) is 25.1 Å². The summed E-state index contributed by atoms with van der Waals surface area (Å²) in [6, 6.07) is 10.3. The van der Waals surface area contributed by atoms with Crippen LogP contribution >= 0.6 is 0 Å². The van der Waals surface area contributed by atoms with E-state index in [1.54, 1.807) is 29.1 Å². The summed E-state index contributed by atoms with van der Waals surface area (Å²) in [5.41, 5.74) is 2.67. The predicted molar refractivity (Wildman–Crippen MR) is 77.2 cm³/mol. The maximum absolute atomic E-state index is 11.0. The molecule has 0 spiro atoms. The van der Waals surface area contributed by atoms with Crippen LogP contribution in [0.4, 0.5) is 5.69 Å². The van der Waals surface area contributed by atoms with Gasteiger partial charge in [-0.3, -0.25) is 15.1 Å². The smallest absolute Gasteiger partial charge is 0.271 e. The number of nitro benzene ring substituents is 1. The topological polar surface area (TPSA) is 84.8 Å². The third-order valence-electron chi connectivity index (χ3n) is 3.36. The standard InChI is InChI=1S/C15H10N4O2/c1-10-14(3-2-6-17-10)18-9-11(8-16)13-5-4-12(19(20)21)7-15(13)18/h2-7,9H,1H3. The first-order chi connectivity index (χ1) is 10.1. The van der Waals surface area contributed by atoms with Crippen molar-refractivity contribution in [1.29, 1.82) is 5.26 Å². The molecular weight excluding hydrogens is 268 g/mol. The molecule has 0 unspecified atom stereocenters. The quantitative estimate of drug-likeness (QED) is 0.532. The normalized spacial score (nSPS) is 10.5. The van der Waals surface area contributed by atoms with E-state index in [0.29, 0.717) is 16.5 Å². The van der Waals surface area contributed by atoms with Crippen molar-refractivity contribution in [2.24, 2.45) is 0 Å². The van der Waals surface area contributed by atoms with E-state index in [1.165, 1.54) is 12.1 Å². The van der Waals surface area contributed by atoms with Crippen LogP contribution in [0.25, 0.3) is 16.6 Å². The first kappa shape index (κ1) is 12.8. The summed E-state index contributed by atoms with van der Waals surface area (Å²) in [6.45, 7) is 1.85. The summed E-state index contributed by atoms with van der Waals surface area (Å²) in [5, 5.41) is 20.9. The van der Waals surface area contributed by atoms with E-state index in [0.717, 1.165) is 11.4 Å². The van der Waals surface area contributed by atoms with Gasteiger partial charge in [0, 0.05) is 29.9 Å². The summed E-state index contributed by atoms with van der Waals surface area (Å²) < 4.78 is 1.77. The van der Waals surface area contributed by atoms with Gasteiger partial charge in [0.1, 0.15) is 6.07 Å². The second-order valence-electron chi connectivity index (χ2n) is 4.59. The molecule has 21 heavy (non-hydrogen) atoms. The monoisotopic (exact) mass is 278 g/mol. The number of nitro groups is 1. The van der Waals surface area contributed by atoms with Crippen molar-refractivity contribution in [3.8, 4) is 11.8 Å². The van der Waals surface area contributed by atoms with Gasteiger partial charge in [0.25, 0.3) is 5.69 Å². The van der Waals surface area contributed by atoms with E-state index in [1.807, 2.05) is 13.0 Å². The van der Waals surface area contributed by atoms with Crippen LogP contribution in [-0.4, -0.2) is 14.5 Å². The van der Waals surface area contributed by atoms with Crippen molar-refractivity contribution in [3.63, 3.8) is 0 Å². The molecule has 0 radical (unpaired) electrons. The van der Waals surface area contributed by atoms with Crippen molar-refractivity contribution in [2.45, 2.75) is 6.92 Å². The zero-order valence-corrected chi connectivity index (χ0v) is 11.1. The Hall–Kier alpha value is -3.20. The molecule has 0 aliphatic rings. The predicted octanol–water partition coefficient (Wildman–Crippen LogP) is 3.11. The minimum atomic E-state index is -0.446. The molecule has 3 aromatic rings. The van der Waals surface area contributed by atoms with Crippen LogP contribution in [0.3, 0.4) is 0 Å². The lowest BCUT2D eigenvalue weighted by Crippen LogP contribution is -1.97. The average molecular weight is 278 g/mol. The number of nitriles is 1. The minimum Gasteiger partial charge on any atom is -0.313 e. The van der Waals surface area contributed by atoms with Gasteiger partial charge < -0.3 is 4.57 Å². The number of aryl methyl sites for hydroxylation is 1. The van der Waals surface area contributed by atoms with Crippen molar-refractivity contribution in [2.75, 3.05) is 0 Å². The van der Waals surface area contributed by atoms with Crippen LogP contribution in [0, 0.1) is 28.4 Å².